The van der Waals surface area contributed by atoms with Crippen LogP contribution in [-0.4, -0.2) is 27.8 Å². The highest BCUT2D eigenvalue weighted by molar-refractivity contribution is 5.89. The number of carboxylic acid groups (broad SMARTS) is 1. The summed E-state index contributed by atoms with van der Waals surface area (Å²) in [6.07, 6.45) is 3.08. The second kappa shape index (κ2) is 4.69. The van der Waals surface area contributed by atoms with Gasteiger partial charge in [0.2, 0.25) is 0 Å². The van der Waals surface area contributed by atoms with E-state index in [-0.39, 0.29) is 12.2 Å². The van der Waals surface area contributed by atoms with E-state index < -0.39 is 12.0 Å². The van der Waals surface area contributed by atoms with E-state index in [1.807, 2.05) is 0 Å². The van der Waals surface area contributed by atoms with Gasteiger partial charge in [0.1, 0.15) is 0 Å². The van der Waals surface area contributed by atoms with Crippen LogP contribution in [0.4, 0.5) is 0 Å². The first-order valence-electron chi connectivity index (χ1n) is 4.20. The first-order valence-corrected chi connectivity index (χ1v) is 4.20. The highest BCUT2D eigenvalue weighted by Gasteiger charge is 2.14. The summed E-state index contributed by atoms with van der Waals surface area (Å²) in [7, 11) is 0. The van der Waals surface area contributed by atoms with Gasteiger partial charge in [-0.2, -0.15) is 0 Å². The lowest BCUT2D eigenvalue weighted by Gasteiger charge is -2.12. The van der Waals surface area contributed by atoms with Crippen LogP contribution < -0.4 is 5.73 Å². The number of aromatic nitrogens is 1. The van der Waals surface area contributed by atoms with E-state index in [2.05, 4.69) is 4.98 Å². The van der Waals surface area contributed by atoms with Crippen molar-refractivity contribution in [1.29, 1.82) is 0 Å². The van der Waals surface area contributed by atoms with Gasteiger partial charge in [-0.25, -0.2) is 4.79 Å². The third-order valence-corrected chi connectivity index (χ3v) is 1.92. The summed E-state index contributed by atoms with van der Waals surface area (Å²) in [5.41, 5.74) is 6.29. The zero-order valence-electron chi connectivity index (χ0n) is 7.55. The molecule has 1 atom stereocenters. The van der Waals surface area contributed by atoms with Crippen molar-refractivity contribution in [2.45, 2.75) is 12.5 Å². The van der Waals surface area contributed by atoms with Gasteiger partial charge in [-0.1, -0.05) is 0 Å². The Morgan fingerprint density at radius 1 is 1.64 bits per heavy atom. The molecule has 0 radical (unpaired) electrons. The summed E-state index contributed by atoms with van der Waals surface area (Å²) in [5.74, 6) is -1.05. The molecule has 0 fully saturated rings. The molecule has 1 heterocycles. The Kier molecular flexibility index (Phi) is 3.55. The van der Waals surface area contributed by atoms with E-state index >= 15 is 0 Å². The minimum Gasteiger partial charge on any atom is -0.478 e. The van der Waals surface area contributed by atoms with Crippen molar-refractivity contribution in [2.75, 3.05) is 6.61 Å². The number of hydrogen-bond acceptors (Lipinski definition) is 4. The Morgan fingerprint density at radius 3 is 2.93 bits per heavy atom. The fourth-order valence-corrected chi connectivity index (χ4v) is 1.20. The Hall–Kier alpha value is -1.46. The van der Waals surface area contributed by atoms with Gasteiger partial charge in [0.25, 0.3) is 0 Å². The Balaban J connectivity index is 3.00. The van der Waals surface area contributed by atoms with E-state index in [1.54, 1.807) is 6.07 Å². The van der Waals surface area contributed by atoms with Crippen molar-refractivity contribution in [1.82, 2.24) is 4.98 Å². The number of aliphatic hydroxyl groups excluding tert-OH is 1. The Bertz CT molecular complexity index is 328. The fraction of sp³-hybridized carbons (Fsp3) is 0.333. The van der Waals surface area contributed by atoms with Crippen molar-refractivity contribution in [3.05, 3.63) is 29.6 Å². The molecule has 0 amide bonds. The van der Waals surface area contributed by atoms with Crippen LogP contribution in [0.5, 0.6) is 0 Å². The zero-order chi connectivity index (χ0) is 10.6. The van der Waals surface area contributed by atoms with Crippen LogP contribution in [0.1, 0.15) is 28.4 Å². The molecule has 0 aliphatic rings. The quantitative estimate of drug-likeness (QED) is 0.637. The van der Waals surface area contributed by atoms with Gasteiger partial charge < -0.3 is 15.9 Å². The number of pyridine rings is 1. The molecule has 0 aliphatic heterocycles. The zero-order valence-corrected chi connectivity index (χ0v) is 7.55. The molecule has 5 heteroatoms. The predicted octanol–water partition coefficient (Wildman–Crippen LogP) is 0.162. The lowest BCUT2D eigenvalue weighted by Crippen LogP contribution is -2.16. The lowest BCUT2D eigenvalue weighted by molar-refractivity contribution is 0.0694. The van der Waals surface area contributed by atoms with Gasteiger partial charge in [-0.05, 0) is 18.1 Å². The third kappa shape index (κ3) is 2.27. The maximum Gasteiger partial charge on any atom is 0.337 e. The van der Waals surface area contributed by atoms with Gasteiger partial charge in [-0.15, -0.1) is 0 Å². The third-order valence-electron chi connectivity index (χ3n) is 1.92. The Labute approximate surface area is 81.2 Å². The summed E-state index contributed by atoms with van der Waals surface area (Å²) in [4.78, 5) is 14.5. The van der Waals surface area contributed by atoms with Crippen molar-refractivity contribution < 1.29 is 15.0 Å². The minimum absolute atomic E-state index is 0.0669. The molecule has 0 aliphatic carbocycles. The van der Waals surface area contributed by atoms with Gasteiger partial charge in [0.15, 0.2) is 0 Å². The molecule has 0 saturated carbocycles. The first kappa shape index (κ1) is 10.6. The van der Waals surface area contributed by atoms with E-state index in [0.717, 1.165) is 0 Å². The molecule has 76 valence electrons. The number of hydrogen-bond donors (Lipinski definition) is 3. The van der Waals surface area contributed by atoms with E-state index in [0.29, 0.717) is 12.0 Å². The number of nitrogens with zero attached hydrogens (tertiary/aromatic N) is 1. The second-order valence-corrected chi connectivity index (χ2v) is 2.89. The molecule has 0 spiro atoms. The molecule has 1 rings (SSSR count). The van der Waals surface area contributed by atoms with Crippen molar-refractivity contribution in [3.63, 3.8) is 0 Å². The van der Waals surface area contributed by atoms with Crippen LogP contribution in [0.2, 0.25) is 0 Å². The van der Waals surface area contributed by atoms with Crippen LogP contribution >= 0.6 is 0 Å². The smallest absolute Gasteiger partial charge is 0.337 e. The average molecular weight is 196 g/mol. The van der Waals surface area contributed by atoms with E-state index in [4.69, 9.17) is 15.9 Å². The molecule has 14 heavy (non-hydrogen) atoms. The van der Waals surface area contributed by atoms with Gasteiger partial charge in [-0.3, -0.25) is 4.98 Å². The highest BCUT2D eigenvalue weighted by Crippen LogP contribution is 2.17. The second-order valence-electron chi connectivity index (χ2n) is 2.89. The number of nitrogens with two attached hydrogens (primary N) is 1. The molecule has 1 aromatic rings. The highest BCUT2D eigenvalue weighted by atomic mass is 16.4. The number of carbonyl (C=O) groups is 1. The van der Waals surface area contributed by atoms with Crippen LogP contribution in [0.15, 0.2) is 18.5 Å². The molecule has 5 nitrogen and oxygen atoms in total. The van der Waals surface area contributed by atoms with Gasteiger partial charge >= 0.3 is 5.97 Å². The normalized spacial score (nSPS) is 12.4. The standard InChI is InChI=1S/C9H12N2O3/c10-8(2-4-12)6-1-3-11-5-7(6)9(13)14/h1,3,5,8,12H,2,4,10H2,(H,13,14). The van der Waals surface area contributed by atoms with Gasteiger partial charge in [0.05, 0.1) is 5.56 Å². The van der Waals surface area contributed by atoms with Crippen molar-refractivity contribution >= 4 is 5.97 Å². The number of aliphatic hydroxyl groups is 1. The molecular weight excluding hydrogens is 184 g/mol. The first-order chi connectivity index (χ1) is 6.66. The van der Waals surface area contributed by atoms with Crippen LogP contribution in [0.3, 0.4) is 0 Å². The average Bonchev–Trinajstić information content (AvgIpc) is 2.18. The summed E-state index contributed by atoms with van der Waals surface area (Å²) >= 11 is 0. The summed E-state index contributed by atoms with van der Waals surface area (Å²) in [6, 6.07) is 1.10. The minimum atomic E-state index is -1.05. The molecular formula is C9H12N2O3. The summed E-state index contributed by atoms with van der Waals surface area (Å²) in [6.45, 7) is -0.0669. The SMILES string of the molecule is NC(CCO)c1ccncc1C(=O)O. The summed E-state index contributed by atoms with van der Waals surface area (Å²) in [5, 5.41) is 17.5. The molecule has 1 unspecified atom stereocenters. The van der Waals surface area contributed by atoms with Crippen LogP contribution in [-0.2, 0) is 0 Å². The lowest BCUT2D eigenvalue weighted by atomic mass is 10.0. The fourth-order valence-electron chi connectivity index (χ4n) is 1.20. The van der Waals surface area contributed by atoms with Gasteiger partial charge in [0, 0.05) is 25.0 Å². The topological polar surface area (TPSA) is 96.4 Å². The Morgan fingerprint density at radius 2 is 2.36 bits per heavy atom. The largest absolute Gasteiger partial charge is 0.478 e. The number of aromatic carboxylic acids is 1. The van der Waals surface area contributed by atoms with Crippen LogP contribution in [0.25, 0.3) is 0 Å². The molecule has 0 aromatic carbocycles. The number of carboxylic acids is 1. The van der Waals surface area contributed by atoms with E-state index in [9.17, 15) is 4.79 Å². The maximum absolute atomic E-state index is 10.8. The van der Waals surface area contributed by atoms with Crippen molar-refractivity contribution in [3.8, 4) is 0 Å². The molecule has 0 bridgehead atoms. The number of rotatable bonds is 4. The molecule has 0 saturated heterocycles. The summed E-state index contributed by atoms with van der Waals surface area (Å²) < 4.78 is 0. The molecule has 4 N–H and O–H groups in total. The predicted molar refractivity (Wildman–Crippen MR) is 49.8 cm³/mol. The van der Waals surface area contributed by atoms with Crippen LogP contribution in [0, 0.1) is 0 Å². The maximum atomic E-state index is 10.8. The van der Waals surface area contributed by atoms with Crippen molar-refractivity contribution in [2.24, 2.45) is 5.73 Å². The molecule has 1 aromatic heterocycles. The van der Waals surface area contributed by atoms with E-state index in [1.165, 1.54) is 12.4 Å². The monoisotopic (exact) mass is 196 g/mol.